The van der Waals surface area contributed by atoms with Crippen LogP contribution in [0.25, 0.3) is 11.1 Å². The van der Waals surface area contributed by atoms with Crippen LogP contribution < -0.4 is 5.56 Å². The molecule has 1 N–H and O–H groups in total. The van der Waals surface area contributed by atoms with Gasteiger partial charge in [0.15, 0.2) is 5.16 Å². The van der Waals surface area contributed by atoms with Gasteiger partial charge < -0.3 is 19.5 Å². The summed E-state index contributed by atoms with van der Waals surface area (Å²) in [4.78, 5) is 35.0. The van der Waals surface area contributed by atoms with Gasteiger partial charge in [-0.3, -0.25) is 9.59 Å². The summed E-state index contributed by atoms with van der Waals surface area (Å²) in [6.07, 6.45) is 1.77. The second-order valence-electron chi connectivity index (χ2n) is 10.4. The average molecular weight is 637 g/mol. The number of amides is 1. The number of benzene rings is 3. The predicted molar refractivity (Wildman–Crippen MR) is 175 cm³/mol. The Bertz CT molecular complexity index is 1560. The first kappa shape index (κ1) is 33.4. The van der Waals surface area contributed by atoms with Crippen molar-refractivity contribution in [1.82, 2.24) is 19.4 Å². The molecule has 0 radical (unpaired) electrons. The van der Waals surface area contributed by atoms with Crippen LogP contribution in [0.3, 0.4) is 0 Å². The van der Waals surface area contributed by atoms with Crippen LogP contribution in [0, 0.1) is 5.82 Å². The monoisotopic (exact) mass is 636 g/mol. The summed E-state index contributed by atoms with van der Waals surface area (Å²) in [7, 11) is 0. The van der Waals surface area contributed by atoms with E-state index in [9.17, 15) is 19.1 Å². The van der Waals surface area contributed by atoms with Gasteiger partial charge in [0.1, 0.15) is 12.4 Å². The zero-order valence-electron chi connectivity index (χ0n) is 25.1. The number of likely N-dealkylation sites (N-methyl/N-ethyl adjacent to an activating group) is 1. The Morgan fingerprint density at radius 2 is 1.55 bits per heavy atom. The zero-order chi connectivity index (χ0) is 31.5. The minimum atomic E-state index is -0.427. The van der Waals surface area contributed by atoms with Crippen LogP contribution in [0.5, 0.6) is 0 Å². The van der Waals surface area contributed by atoms with E-state index in [4.69, 9.17) is 11.6 Å². The molecule has 0 unspecified atom stereocenters. The van der Waals surface area contributed by atoms with E-state index in [0.717, 1.165) is 41.9 Å². The second kappa shape index (κ2) is 16.5. The first-order chi connectivity index (χ1) is 21.3. The zero-order valence-corrected chi connectivity index (χ0v) is 26.7. The number of hydrogen-bond acceptors (Lipinski definition) is 6. The number of nitrogens with zero attached hydrogens (tertiary/aromatic N) is 4. The van der Waals surface area contributed by atoms with Gasteiger partial charge >= 0.3 is 0 Å². The summed E-state index contributed by atoms with van der Waals surface area (Å²) < 4.78 is 15.1. The first-order valence-corrected chi connectivity index (χ1v) is 16.1. The standard InChI is InChI=1S/C34H38ClFN4O3S/c1-3-38(4-2)18-19-39(21-25-5-9-27(10-6-25)28-11-13-30(35)14-12-28)32(42)23-40-22-29(17-20-41)33(43)37-34(40)44-24-26-7-15-31(36)16-8-26/h5-16,22,41H,3-4,17-21,23-24H2,1-2H3. The fourth-order valence-electron chi connectivity index (χ4n) is 4.78. The Balaban J connectivity index is 1.57. The van der Waals surface area contributed by atoms with E-state index < -0.39 is 5.56 Å². The van der Waals surface area contributed by atoms with E-state index in [0.29, 0.717) is 34.6 Å². The largest absolute Gasteiger partial charge is 0.396 e. The number of aliphatic hydroxyl groups is 1. The molecule has 1 aromatic heterocycles. The smallest absolute Gasteiger partial charge is 0.276 e. The van der Waals surface area contributed by atoms with Gasteiger partial charge in [-0.15, -0.1) is 0 Å². The Morgan fingerprint density at radius 1 is 0.932 bits per heavy atom. The highest BCUT2D eigenvalue weighted by Crippen LogP contribution is 2.23. The predicted octanol–water partition coefficient (Wildman–Crippen LogP) is 5.90. The van der Waals surface area contributed by atoms with Crippen LogP contribution in [-0.2, 0) is 30.1 Å². The molecule has 1 heterocycles. The maximum absolute atomic E-state index is 13.9. The van der Waals surface area contributed by atoms with Gasteiger partial charge in [0.2, 0.25) is 5.91 Å². The Hall–Kier alpha value is -3.50. The molecular formula is C34H38ClFN4O3S. The maximum atomic E-state index is 13.9. The lowest BCUT2D eigenvalue weighted by atomic mass is 10.0. The molecule has 1 amide bonds. The second-order valence-corrected chi connectivity index (χ2v) is 11.8. The van der Waals surface area contributed by atoms with E-state index in [2.05, 4.69) is 23.7 Å². The van der Waals surface area contributed by atoms with Crippen molar-refractivity contribution in [2.45, 2.75) is 44.3 Å². The quantitative estimate of drug-likeness (QED) is 0.129. The number of aliphatic hydroxyl groups excluding tert-OH is 1. The van der Waals surface area contributed by atoms with E-state index in [1.807, 2.05) is 53.4 Å². The molecule has 4 aromatic rings. The van der Waals surface area contributed by atoms with E-state index in [1.165, 1.54) is 23.9 Å². The molecule has 0 aliphatic rings. The number of halogens is 2. The molecule has 0 spiro atoms. The van der Waals surface area contributed by atoms with Gasteiger partial charge in [-0.1, -0.05) is 85.7 Å². The fourth-order valence-corrected chi connectivity index (χ4v) is 5.82. The van der Waals surface area contributed by atoms with Gasteiger partial charge in [-0.2, -0.15) is 4.98 Å². The minimum absolute atomic E-state index is 0.0153. The highest BCUT2D eigenvalue weighted by atomic mass is 35.5. The molecule has 0 fully saturated rings. The lowest BCUT2D eigenvalue weighted by Gasteiger charge is -2.27. The molecular weight excluding hydrogens is 599 g/mol. The molecule has 232 valence electrons. The number of thioether (sulfide) groups is 1. The average Bonchev–Trinajstić information content (AvgIpc) is 3.03. The van der Waals surface area contributed by atoms with Crippen LogP contribution in [0.2, 0.25) is 5.02 Å². The lowest BCUT2D eigenvalue weighted by molar-refractivity contribution is -0.132. The summed E-state index contributed by atoms with van der Waals surface area (Å²) in [5, 5.41) is 10.6. The highest BCUT2D eigenvalue weighted by Gasteiger charge is 2.19. The van der Waals surface area contributed by atoms with Gasteiger partial charge in [-0.05, 0) is 59.6 Å². The van der Waals surface area contributed by atoms with E-state index in [1.54, 1.807) is 22.9 Å². The molecule has 0 aliphatic heterocycles. The van der Waals surface area contributed by atoms with Crippen LogP contribution in [-0.4, -0.2) is 63.2 Å². The third-order valence-corrected chi connectivity index (χ3v) is 8.75. The van der Waals surface area contributed by atoms with Gasteiger partial charge in [-0.25, -0.2) is 4.39 Å². The van der Waals surface area contributed by atoms with Gasteiger partial charge in [0, 0.05) is 55.2 Å². The number of carbonyl (C=O) groups excluding carboxylic acids is 1. The molecule has 0 aliphatic carbocycles. The summed E-state index contributed by atoms with van der Waals surface area (Å²) in [6, 6.07) is 22.0. The molecule has 0 saturated carbocycles. The van der Waals surface area contributed by atoms with Crippen LogP contribution in [0.4, 0.5) is 4.39 Å². The van der Waals surface area contributed by atoms with Crippen molar-refractivity contribution in [3.8, 4) is 11.1 Å². The third-order valence-electron chi connectivity index (χ3n) is 7.44. The molecule has 0 saturated heterocycles. The number of rotatable bonds is 15. The molecule has 7 nitrogen and oxygen atoms in total. The number of aromatic nitrogens is 2. The third kappa shape index (κ3) is 9.50. The van der Waals surface area contributed by atoms with Gasteiger partial charge in [0.05, 0.1) is 0 Å². The summed E-state index contributed by atoms with van der Waals surface area (Å²) >= 11 is 7.36. The van der Waals surface area contributed by atoms with Crippen molar-refractivity contribution >= 4 is 29.3 Å². The lowest BCUT2D eigenvalue weighted by Crippen LogP contribution is -2.40. The molecule has 10 heteroatoms. The molecule has 0 bridgehead atoms. The van der Waals surface area contributed by atoms with Crippen molar-refractivity contribution in [3.05, 3.63) is 117 Å². The number of carbonyl (C=O) groups is 1. The van der Waals surface area contributed by atoms with Crippen molar-refractivity contribution < 1.29 is 14.3 Å². The first-order valence-electron chi connectivity index (χ1n) is 14.7. The van der Waals surface area contributed by atoms with E-state index in [-0.39, 0.29) is 31.3 Å². The van der Waals surface area contributed by atoms with Crippen LogP contribution in [0.1, 0.15) is 30.5 Å². The molecule has 0 atom stereocenters. The Kier molecular flexibility index (Phi) is 12.6. The maximum Gasteiger partial charge on any atom is 0.276 e. The normalized spacial score (nSPS) is 11.2. The SMILES string of the molecule is CCN(CC)CCN(Cc1ccc(-c2ccc(Cl)cc2)cc1)C(=O)Cn1cc(CCO)c(=O)nc1SCc1ccc(F)cc1. The van der Waals surface area contributed by atoms with Crippen molar-refractivity contribution in [2.75, 3.05) is 32.8 Å². The summed E-state index contributed by atoms with van der Waals surface area (Å²) in [5.74, 6) is 0.0199. The summed E-state index contributed by atoms with van der Waals surface area (Å²) in [5.41, 5.74) is 3.91. The van der Waals surface area contributed by atoms with Crippen LogP contribution >= 0.6 is 23.4 Å². The Morgan fingerprint density at radius 3 is 2.16 bits per heavy atom. The topological polar surface area (TPSA) is 78.7 Å². The van der Waals surface area contributed by atoms with Crippen molar-refractivity contribution in [1.29, 1.82) is 0 Å². The highest BCUT2D eigenvalue weighted by molar-refractivity contribution is 7.98. The molecule has 44 heavy (non-hydrogen) atoms. The van der Waals surface area contributed by atoms with Crippen LogP contribution in [0.15, 0.2) is 88.9 Å². The van der Waals surface area contributed by atoms with Crippen molar-refractivity contribution in [3.63, 3.8) is 0 Å². The Labute approximate surface area is 267 Å². The summed E-state index contributed by atoms with van der Waals surface area (Å²) in [6.45, 7) is 7.44. The number of hydrogen-bond donors (Lipinski definition) is 1. The fraction of sp³-hybridized carbons (Fsp3) is 0.324. The van der Waals surface area contributed by atoms with Gasteiger partial charge in [0.25, 0.3) is 5.56 Å². The minimum Gasteiger partial charge on any atom is -0.396 e. The molecule has 3 aromatic carbocycles. The van der Waals surface area contributed by atoms with Crippen molar-refractivity contribution in [2.24, 2.45) is 0 Å². The van der Waals surface area contributed by atoms with E-state index >= 15 is 0 Å². The molecule has 4 rings (SSSR count).